The first-order valence-corrected chi connectivity index (χ1v) is 10.5. The number of aryl methyl sites for hydroxylation is 1. The van der Waals surface area contributed by atoms with Crippen molar-refractivity contribution in [3.05, 3.63) is 59.7 Å². The van der Waals surface area contributed by atoms with E-state index >= 15 is 0 Å². The second-order valence-electron chi connectivity index (χ2n) is 6.22. The van der Waals surface area contributed by atoms with Gasteiger partial charge in [-0.05, 0) is 48.7 Å². The summed E-state index contributed by atoms with van der Waals surface area (Å²) in [4.78, 5) is 24.0. The van der Waals surface area contributed by atoms with Gasteiger partial charge in [0.05, 0.1) is 10.5 Å². The number of carbonyl (C=O) groups is 2. The molecule has 0 bridgehead atoms. The van der Waals surface area contributed by atoms with Gasteiger partial charge in [0.2, 0.25) is 0 Å². The lowest BCUT2D eigenvalue weighted by Gasteiger charge is -2.08. The van der Waals surface area contributed by atoms with E-state index in [1.165, 1.54) is 29.8 Å². The van der Waals surface area contributed by atoms with Crippen LogP contribution in [0.3, 0.4) is 0 Å². The molecule has 144 valence electrons. The fraction of sp³-hybridized carbons (Fsp3) is 0.300. The van der Waals surface area contributed by atoms with Crippen LogP contribution in [0.15, 0.2) is 53.4 Å². The molecule has 0 aliphatic heterocycles. The molecule has 2 aromatic carbocycles. The SMILES string of the molecule is CCCCc1ccc(NC(=O)COC(=O)c2cccc(S(C)(=O)=O)c2)cc1. The van der Waals surface area contributed by atoms with Crippen LogP contribution in [0.1, 0.15) is 35.7 Å². The Labute approximate surface area is 159 Å². The molecule has 0 atom stereocenters. The first-order valence-electron chi connectivity index (χ1n) is 8.65. The summed E-state index contributed by atoms with van der Waals surface area (Å²) in [5, 5.41) is 2.66. The number of hydrogen-bond donors (Lipinski definition) is 1. The van der Waals surface area contributed by atoms with Crippen molar-refractivity contribution >= 4 is 27.4 Å². The zero-order valence-corrected chi connectivity index (χ0v) is 16.2. The normalized spacial score (nSPS) is 11.0. The Balaban J connectivity index is 1.89. The fourth-order valence-electron chi connectivity index (χ4n) is 2.40. The Hall–Kier alpha value is -2.67. The third kappa shape index (κ3) is 6.53. The number of nitrogens with one attached hydrogen (secondary N) is 1. The van der Waals surface area contributed by atoms with Crippen molar-refractivity contribution < 1.29 is 22.7 Å². The van der Waals surface area contributed by atoms with Gasteiger partial charge in [-0.2, -0.15) is 0 Å². The van der Waals surface area contributed by atoms with Crippen molar-refractivity contribution in [1.29, 1.82) is 0 Å². The van der Waals surface area contributed by atoms with Crippen LogP contribution in [0.4, 0.5) is 5.69 Å². The van der Waals surface area contributed by atoms with Gasteiger partial charge in [-0.3, -0.25) is 4.79 Å². The van der Waals surface area contributed by atoms with Crippen molar-refractivity contribution in [2.75, 3.05) is 18.2 Å². The number of rotatable bonds is 8. The van der Waals surface area contributed by atoms with Crippen molar-refractivity contribution in [2.24, 2.45) is 0 Å². The van der Waals surface area contributed by atoms with Crippen molar-refractivity contribution in [1.82, 2.24) is 0 Å². The number of esters is 1. The molecular weight excluding hydrogens is 366 g/mol. The molecule has 27 heavy (non-hydrogen) atoms. The van der Waals surface area contributed by atoms with E-state index in [0.717, 1.165) is 25.5 Å². The molecule has 0 unspecified atom stereocenters. The number of anilines is 1. The lowest BCUT2D eigenvalue weighted by atomic mass is 10.1. The molecule has 1 amide bonds. The van der Waals surface area contributed by atoms with Crippen LogP contribution in [0.2, 0.25) is 0 Å². The van der Waals surface area contributed by atoms with Crippen molar-refractivity contribution in [2.45, 2.75) is 31.1 Å². The minimum absolute atomic E-state index is 0.0181. The second-order valence-corrected chi connectivity index (χ2v) is 8.24. The Kier molecular flexibility index (Phi) is 7.12. The molecular formula is C20H23NO5S. The largest absolute Gasteiger partial charge is 0.452 e. The topological polar surface area (TPSA) is 89.5 Å². The Morgan fingerprint density at radius 3 is 2.41 bits per heavy atom. The number of amides is 1. The van der Waals surface area contributed by atoms with E-state index in [1.54, 1.807) is 12.1 Å². The lowest BCUT2D eigenvalue weighted by Crippen LogP contribution is -2.21. The maximum Gasteiger partial charge on any atom is 0.338 e. The van der Waals surface area contributed by atoms with Crippen LogP contribution < -0.4 is 5.32 Å². The average Bonchev–Trinajstić information content (AvgIpc) is 2.65. The molecule has 7 heteroatoms. The highest BCUT2D eigenvalue weighted by Crippen LogP contribution is 2.13. The standard InChI is InChI=1S/C20H23NO5S/c1-3-4-6-15-9-11-17(12-10-15)21-19(22)14-26-20(23)16-7-5-8-18(13-16)27(2,24)25/h5,7-13H,3-4,6,14H2,1-2H3,(H,21,22). The summed E-state index contributed by atoms with van der Waals surface area (Å²) in [7, 11) is -3.43. The van der Waals surface area contributed by atoms with Gasteiger partial charge in [0.1, 0.15) is 0 Å². The van der Waals surface area contributed by atoms with E-state index < -0.39 is 28.3 Å². The van der Waals surface area contributed by atoms with Crippen LogP contribution >= 0.6 is 0 Å². The molecule has 0 saturated heterocycles. The predicted molar refractivity (Wildman–Crippen MR) is 104 cm³/mol. The van der Waals surface area contributed by atoms with Gasteiger partial charge < -0.3 is 10.1 Å². The van der Waals surface area contributed by atoms with Crippen LogP contribution in [0, 0.1) is 0 Å². The van der Waals surface area contributed by atoms with Gasteiger partial charge in [0.25, 0.3) is 5.91 Å². The zero-order chi connectivity index (χ0) is 19.9. The molecule has 2 aromatic rings. The first-order chi connectivity index (χ1) is 12.8. The van der Waals surface area contributed by atoms with Crippen LogP contribution in [0.25, 0.3) is 0 Å². The predicted octanol–water partition coefficient (Wildman–Crippen LogP) is 3.23. The Morgan fingerprint density at radius 1 is 1.07 bits per heavy atom. The Morgan fingerprint density at radius 2 is 1.78 bits per heavy atom. The highest BCUT2D eigenvalue weighted by atomic mass is 32.2. The number of hydrogen-bond acceptors (Lipinski definition) is 5. The number of carbonyl (C=O) groups excluding carboxylic acids is 2. The molecule has 0 fully saturated rings. The van der Waals surface area contributed by atoms with E-state index in [2.05, 4.69) is 12.2 Å². The molecule has 0 aliphatic rings. The molecule has 0 radical (unpaired) electrons. The van der Waals surface area contributed by atoms with E-state index in [9.17, 15) is 18.0 Å². The summed E-state index contributed by atoms with van der Waals surface area (Å²) in [5.74, 6) is -1.23. The van der Waals surface area contributed by atoms with Gasteiger partial charge in [0.15, 0.2) is 16.4 Å². The van der Waals surface area contributed by atoms with Crippen LogP contribution in [0.5, 0.6) is 0 Å². The summed E-state index contributed by atoms with van der Waals surface area (Å²) >= 11 is 0. The van der Waals surface area contributed by atoms with E-state index in [1.807, 2.05) is 12.1 Å². The first kappa shape index (κ1) is 20.6. The number of unbranched alkanes of at least 4 members (excludes halogenated alkanes) is 1. The molecule has 6 nitrogen and oxygen atoms in total. The van der Waals surface area contributed by atoms with Gasteiger partial charge in [-0.1, -0.05) is 31.5 Å². The van der Waals surface area contributed by atoms with Crippen molar-refractivity contribution in [3.8, 4) is 0 Å². The molecule has 0 saturated carbocycles. The zero-order valence-electron chi connectivity index (χ0n) is 15.4. The summed E-state index contributed by atoms with van der Waals surface area (Å²) in [5.41, 5.74) is 1.90. The minimum atomic E-state index is -3.43. The van der Waals surface area contributed by atoms with Gasteiger partial charge in [-0.15, -0.1) is 0 Å². The quantitative estimate of drug-likeness (QED) is 0.700. The third-order valence-corrected chi connectivity index (χ3v) is 5.00. The van der Waals surface area contributed by atoms with Crippen molar-refractivity contribution in [3.63, 3.8) is 0 Å². The molecule has 0 heterocycles. The smallest absolute Gasteiger partial charge is 0.338 e. The molecule has 1 N–H and O–H groups in total. The summed E-state index contributed by atoms with van der Waals surface area (Å²) in [6, 6.07) is 13.0. The monoisotopic (exact) mass is 389 g/mol. The second kappa shape index (κ2) is 9.32. The third-order valence-electron chi connectivity index (χ3n) is 3.89. The van der Waals surface area contributed by atoms with E-state index in [4.69, 9.17) is 4.74 Å². The maximum atomic E-state index is 12.0. The fourth-order valence-corrected chi connectivity index (χ4v) is 3.07. The van der Waals surface area contributed by atoms with Gasteiger partial charge in [-0.25, -0.2) is 13.2 Å². The Bertz CT molecular complexity index is 904. The highest BCUT2D eigenvalue weighted by Gasteiger charge is 2.14. The molecule has 2 rings (SSSR count). The summed E-state index contributed by atoms with van der Waals surface area (Å²) < 4.78 is 28.0. The van der Waals surface area contributed by atoms with Crippen LogP contribution in [-0.2, 0) is 25.8 Å². The maximum absolute atomic E-state index is 12.0. The highest BCUT2D eigenvalue weighted by molar-refractivity contribution is 7.90. The van der Waals surface area contributed by atoms with E-state index in [-0.39, 0.29) is 10.5 Å². The van der Waals surface area contributed by atoms with E-state index in [0.29, 0.717) is 5.69 Å². The summed E-state index contributed by atoms with van der Waals surface area (Å²) in [6.07, 6.45) is 4.28. The summed E-state index contributed by atoms with van der Waals surface area (Å²) in [6.45, 7) is 1.67. The lowest BCUT2D eigenvalue weighted by molar-refractivity contribution is -0.119. The average molecular weight is 389 g/mol. The number of ether oxygens (including phenoxy) is 1. The van der Waals surface area contributed by atoms with Gasteiger partial charge in [0, 0.05) is 11.9 Å². The number of sulfone groups is 1. The van der Waals surface area contributed by atoms with Gasteiger partial charge >= 0.3 is 5.97 Å². The molecule has 0 aliphatic carbocycles. The molecule has 0 aromatic heterocycles. The number of benzene rings is 2. The molecule has 0 spiro atoms. The minimum Gasteiger partial charge on any atom is -0.452 e. The van der Waals surface area contributed by atoms with Crippen LogP contribution in [-0.4, -0.2) is 33.2 Å².